The Labute approximate surface area is 108 Å². The van der Waals surface area contributed by atoms with Gasteiger partial charge in [0.15, 0.2) is 0 Å². The molecule has 0 bridgehead atoms. The summed E-state index contributed by atoms with van der Waals surface area (Å²) >= 11 is 0. The second kappa shape index (κ2) is 6.90. The number of carbonyl (C=O) groups excluding carboxylic acids is 1. The van der Waals surface area contributed by atoms with Crippen molar-refractivity contribution in [3.8, 4) is 0 Å². The lowest BCUT2D eigenvalue weighted by atomic mass is 10.2. The fourth-order valence-electron chi connectivity index (χ4n) is 1.27. The molecule has 0 fully saturated rings. The van der Waals surface area contributed by atoms with E-state index in [1.54, 1.807) is 0 Å². The normalized spacial score (nSPS) is 11.8. The van der Waals surface area contributed by atoms with Gasteiger partial charge in [0, 0.05) is 11.4 Å². The Morgan fingerprint density at radius 1 is 1.28 bits per heavy atom. The molecule has 1 amide bonds. The van der Waals surface area contributed by atoms with Crippen LogP contribution in [0.3, 0.4) is 0 Å². The lowest BCUT2D eigenvalue weighted by Crippen LogP contribution is -2.28. The van der Waals surface area contributed by atoms with E-state index >= 15 is 0 Å². The van der Waals surface area contributed by atoms with Gasteiger partial charge in [0.1, 0.15) is 5.75 Å². The molecule has 0 spiro atoms. The van der Waals surface area contributed by atoms with Crippen LogP contribution in [-0.2, 0) is 15.6 Å². The summed E-state index contributed by atoms with van der Waals surface area (Å²) in [5.74, 6) is -1.41. The summed E-state index contributed by atoms with van der Waals surface area (Å²) in [6.45, 7) is 2.50. The molecule has 1 aromatic carbocycles. The topological polar surface area (TPSA) is 83.5 Å². The zero-order chi connectivity index (χ0) is 13.5. The average molecular weight is 269 g/mol. The van der Waals surface area contributed by atoms with E-state index in [0.29, 0.717) is 11.4 Å². The van der Waals surface area contributed by atoms with Crippen molar-refractivity contribution in [2.75, 3.05) is 12.3 Å². The lowest BCUT2D eigenvalue weighted by molar-refractivity contribution is -0.118. The number of hydrogen-bond acceptors (Lipinski definition) is 3. The van der Waals surface area contributed by atoms with Crippen molar-refractivity contribution in [3.05, 3.63) is 29.8 Å². The first kappa shape index (κ1) is 14.4. The van der Waals surface area contributed by atoms with Crippen LogP contribution in [0.1, 0.15) is 23.7 Å². The van der Waals surface area contributed by atoms with Gasteiger partial charge < -0.3 is 10.4 Å². The molecule has 1 atom stereocenters. The number of amides is 1. The van der Waals surface area contributed by atoms with Crippen LogP contribution >= 0.6 is 0 Å². The highest BCUT2D eigenvalue weighted by Gasteiger charge is 2.10. The molecule has 98 valence electrons. The molecule has 0 saturated heterocycles. The Morgan fingerprint density at radius 3 is 2.39 bits per heavy atom. The molecule has 0 saturated carbocycles. The van der Waals surface area contributed by atoms with Crippen molar-refractivity contribution in [2.24, 2.45) is 0 Å². The van der Waals surface area contributed by atoms with Gasteiger partial charge in [-0.1, -0.05) is 6.92 Å². The van der Waals surface area contributed by atoms with Crippen LogP contribution in [0.4, 0.5) is 0 Å². The summed E-state index contributed by atoms with van der Waals surface area (Å²) in [6.07, 6.45) is 0.825. The van der Waals surface area contributed by atoms with Gasteiger partial charge in [0.25, 0.3) is 0 Å². The molecule has 0 aliphatic heterocycles. The van der Waals surface area contributed by atoms with Crippen LogP contribution in [0.2, 0.25) is 0 Å². The van der Waals surface area contributed by atoms with Crippen LogP contribution < -0.4 is 5.32 Å². The maximum absolute atomic E-state index is 11.8. The number of aromatic carboxylic acids is 1. The molecule has 0 heterocycles. The molecule has 0 radical (unpaired) electrons. The van der Waals surface area contributed by atoms with Gasteiger partial charge >= 0.3 is 5.97 Å². The molecule has 0 aliphatic rings. The van der Waals surface area contributed by atoms with E-state index < -0.39 is 16.8 Å². The fourth-order valence-corrected chi connectivity index (χ4v) is 2.21. The van der Waals surface area contributed by atoms with Crippen molar-refractivity contribution in [2.45, 2.75) is 18.2 Å². The van der Waals surface area contributed by atoms with Gasteiger partial charge in [-0.15, -0.1) is 0 Å². The van der Waals surface area contributed by atoms with E-state index in [2.05, 4.69) is 5.32 Å². The number of carbonyl (C=O) groups is 2. The molecule has 1 aromatic rings. The third kappa shape index (κ3) is 4.29. The molecule has 18 heavy (non-hydrogen) atoms. The van der Waals surface area contributed by atoms with Gasteiger partial charge in [0.2, 0.25) is 5.91 Å². The van der Waals surface area contributed by atoms with E-state index in [9.17, 15) is 13.8 Å². The van der Waals surface area contributed by atoms with Crippen LogP contribution in [-0.4, -0.2) is 33.5 Å². The highest BCUT2D eigenvalue weighted by atomic mass is 32.2. The molecule has 0 aromatic heterocycles. The Hall–Kier alpha value is -1.69. The summed E-state index contributed by atoms with van der Waals surface area (Å²) < 4.78 is 11.8. The summed E-state index contributed by atoms with van der Waals surface area (Å²) in [4.78, 5) is 22.5. The third-order valence-electron chi connectivity index (χ3n) is 2.20. The summed E-state index contributed by atoms with van der Waals surface area (Å²) in [7, 11) is -1.44. The van der Waals surface area contributed by atoms with Crippen molar-refractivity contribution in [3.63, 3.8) is 0 Å². The Morgan fingerprint density at radius 2 is 1.89 bits per heavy atom. The maximum Gasteiger partial charge on any atom is 0.335 e. The predicted molar refractivity (Wildman–Crippen MR) is 68.0 cm³/mol. The number of hydrogen-bond donors (Lipinski definition) is 2. The van der Waals surface area contributed by atoms with Crippen LogP contribution in [0, 0.1) is 0 Å². The van der Waals surface area contributed by atoms with Gasteiger partial charge in [-0.3, -0.25) is 9.00 Å². The maximum atomic E-state index is 11.8. The second-order valence-electron chi connectivity index (χ2n) is 3.67. The van der Waals surface area contributed by atoms with E-state index in [-0.39, 0.29) is 17.2 Å². The molecule has 5 nitrogen and oxygen atoms in total. The number of carboxylic acid groups (broad SMARTS) is 1. The zero-order valence-electron chi connectivity index (χ0n) is 10.0. The summed E-state index contributed by atoms with van der Waals surface area (Å²) in [6, 6.07) is 5.68. The predicted octanol–water partition coefficient (Wildman–Crippen LogP) is 1.02. The van der Waals surface area contributed by atoms with Crippen molar-refractivity contribution in [1.29, 1.82) is 0 Å². The lowest BCUT2D eigenvalue weighted by Gasteiger charge is -2.04. The van der Waals surface area contributed by atoms with E-state index in [1.165, 1.54) is 24.3 Å². The number of rotatable bonds is 6. The quantitative estimate of drug-likeness (QED) is 0.807. The first-order chi connectivity index (χ1) is 8.54. The van der Waals surface area contributed by atoms with Gasteiger partial charge in [-0.2, -0.15) is 0 Å². The van der Waals surface area contributed by atoms with Gasteiger partial charge in [-0.05, 0) is 30.7 Å². The van der Waals surface area contributed by atoms with Crippen LogP contribution in [0.25, 0.3) is 0 Å². The average Bonchev–Trinajstić information content (AvgIpc) is 2.36. The largest absolute Gasteiger partial charge is 0.478 e. The van der Waals surface area contributed by atoms with E-state index in [0.717, 1.165) is 6.42 Å². The number of benzene rings is 1. The molecule has 1 rings (SSSR count). The summed E-state index contributed by atoms with van der Waals surface area (Å²) in [5.41, 5.74) is 0.131. The van der Waals surface area contributed by atoms with Crippen molar-refractivity contribution >= 4 is 22.7 Å². The molecular weight excluding hydrogens is 254 g/mol. The minimum absolute atomic E-state index is 0.105. The second-order valence-corrected chi connectivity index (χ2v) is 5.12. The molecule has 0 aliphatic carbocycles. The zero-order valence-corrected chi connectivity index (χ0v) is 10.8. The minimum atomic E-state index is -1.44. The van der Waals surface area contributed by atoms with Crippen LogP contribution in [0.5, 0.6) is 0 Å². The van der Waals surface area contributed by atoms with E-state index in [4.69, 9.17) is 5.11 Å². The Balaban J connectivity index is 2.61. The van der Waals surface area contributed by atoms with Crippen LogP contribution in [0.15, 0.2) is 29.2 Å². The monoisotopic (exact) mass is 269 g/mol. The highest BCUT2D eigenvalue weighted by Crippen LogP contribution is 2.09. The molecule has 1 unspecified atom stereocenters. The number of nitrogens with one attached hydrogen (secondary N) is 1. The molecular formula is C12H15NO4S. The highest BCUT2D eigenvalue weighted by molar-refractivity contribution is 7.85. The Bertz CT molecular complexity index is 456. The van der Waals surface area contributed by atoms with Crippen molar-refractivity contribution in [1.82, 2.24) is 5.32 Å². The molecule has 2 N–H and O–H groups in total. The van der Waals surface area contributed by atoms with Gasteiger partial charge in [0.05, 0.1) is 16.4 Å². The third-order valence-corrected chi connectivity index (χ3v) is 3.52. The first-order valence-corrected chi connectivity index (χ1v) is 6.85. The van der Waals surface area contributed by atoms with E-state index in [1.807, 2.05) is 6.92 Å². The van der Waals surface area contributed by atoms with Gasteiger partial charge in [-0.25, -0.2) is 4.79 Å². The minimum Gasteiger partial charge on any atom is -0.478 e. The fraction of sp³-hybridized carbons (Fsp3) is 0.333. The number of carboxylic acids is 1. The standard InChI is InChI=1S/C12H15NO4S/c1-2-7-13-11(14)8-18(17)10-5-3-9(4-6-10)12(15)16/h3-6H,2,7-8H2,1H3,(H,13,14)(H,15,16). The smallest absolute Gasteiger partial charge is 0.335 e. The SMILES string of the molecule is CCCNC(=O)CS(=O)c1ccc(C(=O)O)cc1. The first-order valence-electron chi connectivity index (χ1n) is 5.53. The molecule has 6 heteroatoms. The summed E-state index contributed by atoms with van der Waals surface area (Å²) in [5, 5.41) is 11.4. The van der Waals surface area contributed by atoms with Crippen molar-refractivity contribution < 1.29 is 18.9 Å². The Kier molecular flexibility index (Phi) is 5.51.